The van der Waals surface area contributed by atoms with Gasteiger partial charge in [0, 0.05) is 38.0 Å². The molecule has 8 rings (SSSR count). The quantitative estimate of drug-likeness (QED) is 0.0369. The zero-order valence-corrected chi connectivity index (χ0v) is 43.6. The van der Waals surface area contributed by atoms with Crippen LogP contribution in [0.4, 0.5) is 0 Å². The third-order valence-corrected chi connectivity index (χ3v) is 17.2. The number of methoxy groups -OCH3 is 1. The maximum absolute atomic E-state index is 12.8. The smallest absolute Gasteiger partial charge is 0.330 e. The van der Waals surface area contributed by atoms with Gasteiger partial charge in [-0.25, -0.2) is 9.59 Å². The second-order valence-electron chi connectivity index (χ2n) is 22.6. The van der Waals surface area contributed by atoms with Crippen LogP contribution in [-0.2, 0) is 52.2 Å². The number of esters is 2. The Morgan fingerprint density at radius 2 is 1.05 bits per heavy atom. The van der Waals surface area contributed by atoms with E-state index in [1.807, 2.05) is 0 Å². The molecular formula is C52H83O26+. The van der Waals surface area contributed by atoms with Crippen LogP contribution < -0.4 is 0 Å². The minimum Gasteiger partial charge on any atom is -0.460 e. The van der Waals surface area contributed by atoms with Crippen LogP contribution in [0.5, 0.6) is 0 Å². The summed E-state index contributed by atoms with van der Waals surface area (Å²) in [6, 6.07) is 0. The Labute approximate surface area is 451 Å². The van der Waals surface area contributed by atoms with Crippen molar-refractivity contribution in [1.29, 1.82) is 0 Å². The summed E-state index contributed by atoms with van der Waals surface area (Å²) < 4.78 is 58.7. The predicted octanol–water partition coefficient (Wildman–Crippen LogP) is -4.92. The van der Waals surface area contributed by atoms with E-state index in [-0.39, 0.29) is 43.4 Å². The highest BCUT2D eigenvalue weighted by Gasteiger charge is 2.58. The van der Waals surface area contributed by atoms with Gasteiger partial charge < -0.3 is 119 Å². The molecule has 446 valence electrons. The molecule has 4 heterocycles. The highest BCUT2D eigenvalue weighted by molar-refractivity contribution is 5.82. The average Bonchev–Trinajstić information content (AvgIpc) is 3.53. The van der Waals surface area contributed by atoms with Crippen molar-refractivity contribution in [3.8, 4) is 0 Å². The number of aliphatic hydroxyl groups is 16. The molecule has 4 saturated carbocycles. The van der Waals surface area contributed by atoms with Crippen LogP contribution in [-0.4, -0.2) is 268 Å². The number of aliphatic hydroxyl groups excluding tert-OH is 14. The lowest BCUT2D eigenvalue weighted by atomic mass is 9.72. The zero-order chi connectivity index (χ0) is 56.1. The van der Waals surface area contributed by atoms with Gasteiger partial charge in [-0.3, -0.25) is 0 Å². The SMILES string of the molecule is COC1CC(C2[OH+]C3CC(O)CC(O[C@@H]4O[C@H](COC(=O)C=CC5CCC(O)C(O)C5)[C@@H](O)[C@H](O)[C@H]4O)C3CC2O[C@@H]2O[C@H](CO)[C@@H](O)[C@H](O)[C@H]2O[C@@H]2O[C@H](COC(=O)C=CC3CCC(O)CC3)[C@@H](O)[C@H](O)[C@H]2O)CCC1O. The van der Waals surface area contributed by atoms with Crippen LogP contribution in [0, 0.1) is 23.7 Å². The van der Waals surface area contributed by atoms with Gasteiger partial charge in [0.15, 0.2) is 31.1 Å². The number of hydrogen-bond acceptors (Lipinski definition) is 25. The first kappa shape index (κ1) is 61.6. The van der Waals surface area contributed by atoms with Gasteiger partial charge in [0.05, 0.1) is 55.3 Å². The number of allylic oxidation sites excluding steroid dienone is 2. The summed E-state index contributed by atoms with van der Waals surface area (Å²) in [7, 11) is 1.47. The number of fused-ring (bicyclic) bond motifs is 1. The Kier molecular flexibility index (Phi) is 21.9. The standard InChI is InChI=1S/C52H82O26/c1-69-33-15-24(7-11-29(33)57)48-34(18-27-31(72-48)16-26(55)17-32(27)73-50-46(67)43(64)41(62)36(76-50)20-71-39(60)13-6-23-4-10-28(56)30(58)14-23)74-52-49(45(66)40(61)35(19-53)75-52)78-51-47(68)44(65)42(63)37(77-51)21-70-38(59)12-5-22-2-8-25(54)9-3-22/h5-6,12-13,22-37,40-58,61-68H,2-4,7-11,14-21H2,1H3/p+1/t22?,23?,24?,25?,26?,27?,28?,29?,30?,31?,32?,33?,34?,35-,36-,37-,40-,41-,42-,43+,44+,45+,46-,47-,48?,49-,50-,51+,52-/m1/s1. The predicted molar refractivity (Wildman–Crippen MR) is 261 cm³/mol. The van der Waals surface area contributed by atoms with Crippen molar-refractivity contribution >= 4 is 11.9 Å². The van der Waals surface area contributed by atoms with Crippen molar-refractivity contribution in [2.24, 2.45) is 23.7 Å². The van der Waals surface area contributed by atoms with E-state index in [1.165, 1.54) is 13.2 Å². The number of carbonyl (C=O) groups is 2. The Hall–Kier alpha value is -2.46. The third-order valence-electron chi connectivity index (χ3n) is 17.2. The molecule has 15 N–H and O–H groups in total. The van der Waals surface area contributed by atoms with Crippen LogP contribution in [0.3, 0.4) is 0 Å². The first-order chi connectivity index (χ1) is 37.2. The summed E-state index contributed by atoms with van der Waals surface area (Å²) in [6.07, 6.45) is -23.7. The molecule has 8 aliphatic rings. The van der Waals surface area contributed by atoms with Crippen molar-refractivity contribution in [3.05, 3.63) is 24.3 Å². The third kappa shape index (κ3) is 14.8. The molecule has 0 amide bonds. The van der Waals surface area contributed by atoms with Gasteiger partial charge >= 0.3 is 11.9 Å². The molecule has 0 aromatic rings. The number of carbonyl (C=O) groups excluding carboxylic acids is 2. The molecule has 8 fully saturated rings. The zero-order valence-electron chi connectivity index (χ0n) is 43.6. The summed E-state index contributed by atoms with van der Waals surface area (Å²) in [6.45, 7) is -2.00. The number of ether oxygens (including phenoxy) is 10. The maximum atomic E-state index is 12.8. The van der Waals surface area contributed by atoms with Gasteiger partial charge in [0.2, 0.25) is 0 Å². The molecule has 26 heteroatoms. The second kappa shape index (κ2) is 27.7. The first-order valence-electron chi connectivity index (χ1n) is 27.5. The molecule has 0 bridgehead atoms. The molecule has 27 atom stereocenters. The lowest BCUT2D eigenvalue weighted by Gasteiger charge is -2.51. The highest BCUT2D eigenvalue weighted by atomic mass is 16.8. The topological polar surface area (TPSA) is 413 Å². The second-order valence-corrected chi connectivity index (χ2v) is 22.6. The molecule has 4 aliphatic heterocycles. The van der Waals surface area contributed by atoms with Crippen LogP contribution in [0.25, 0.3) is 0 Å². The first-order valence-corrected chi connectivity index (χ1v) is 27.5. The van der Waals surface area contributed by atoms with E-state index >= 15 is 0 Å². The molecule has 4 aliphatic carbocycles. The molecule has 0 radical (unpaired) electrons. The van der Waals surface area contributed by atoms with Gasteiger partial charge in [-0.05, 0) is 82.5 Å². The summed E-state index contributed by atoms with van der Waals surface area (Å²) in [5.41, 5.74) is 0. The molecule has 4 saturated heterocycles. The van der Waals surface area contributed by atoms with Gasteiger partial charge in [0.1, 0.15) is 92.6 Å². The van der Waals surface area contributed by atoms with E-state index < -0.39 is 191 Å². The van der Waals surface area contributed by atoms with E-state index in [0.29, 0.717) is 57.8 Å². The lowest BCUT2D eigenvalue weighted by molar-refractivity contribution is -0.390. The highest BCUT2D eigenvalue weighted by Crippen LogP contribution is 2.45. The van der Waals surface area contributed by atoms with Gasteiger partial charge in [-0.1, -0.05) is 12.2 Å². The number of rotatable bonds is 17. The number of hydrogen-bond donors (Lipinski definition) is 14. The fraction of sp³-hybridized carbons (Fsp3) is 0.885. The molecular weight excluding hydrogens is 1040 g/mol. The van der Waals surface area contributed by atoms with Crippen LogP contribution in [0.1, 0.15) is 83.5 Å². The van der Waals surface area contributed by atoms with E-state index in [0.717, 1.165) is 6.08 Å². The van der Waals surface area contributed by atoms with Gasteiger partial charge in [-0.2, -0.15) is 0 Å². The monoisotopic (exact) mass is 1120 g/mol. The largest absolute Gasteiger partial charge is 0.460 e. The molecule has 0 spiro atoms. The van der Waals surface area contributed by atoms with Crippen molar-refractivity contribution in [3.63, 3.8) is 0 Å². The van der Waals surface area contributed by atoms with Crippen LogP contribution in [0.15, 0.2) is 24.3 Å². The fourth-order valence-electron chi connectivity index (χ4n) is 12.5. The Balaban J connectivity index is 0.985. The van der Waals surface area contributed by atoms with E-state index in [1.54, 1.807) is 12.2 Å². The van der Waals surface area contributed by atoms with Crippen molar-refractivity contribution in [2.75, 3.05) is 26.9 Å². The minimum absolute atomic E-state index is 0.0372. The molecule has 78 heavy (non-hydrogen) atoms. The molecule has 26 nitrogen and oxygen atoms in total. The fourth-order valence-corrected chi connectivity index (χ4v) is 12.5. The van der Waals surface area contributed by atoms with E-state index in [2.05, 4.69) is 0 Å². The van der Waals surface area contributed by atoms with E-state index in [4.69, 9.17) is 47.4 Å². The van der Waals surface area contributed by atoms with Crippen LogP contribution >= 0.6 is 0 Å². The molecule has 0 aromatic carbocycles. The van der Waals surface area contributed by atoms with Crippen LogP contribution in [0.2, 0.25) is 0 Å². The summed E-state index contributed by atoms with van der Waals surface area (Å²) >= 11 is 0. The Bertz CT molecular complexity index is 1960. The van der Waals surface area contributed by atoms with Gasteiger partial charge in [0.25, 0.3) is 0 Å². The van der Waals surface area contributed by atoms with Crippen molar-refractivity contribution < 1.29 is 128 Å². The van der Waals surface area contributed by atoms with Gasteiger partial charge in [-0.15, -0.1) is 0 Å². The Morgan fingerprint density at radius 1 is 0.500 bits per heavy atom. The van der Waals surface area contributed by atoms with E-state index in [9.17, 15) is 81.1 Å². The summed E-state index contributed by atoms with van der Waals surface area (Å²) in [5, 5.41) is 151. The molecule has 0 aromatic heterocycles. The molecule has 12 unspecified atom stereocenters. The summed E-state index contributed by atoms with van der Waals surface area (Å²) in [4.78, 5) is 25.5. The lowest BCUT2D eigenvalue weighted by Crippen LogP contribution is -2.66. The average molecular weight is 1120 g/mol. The van der Waals surface area contributed by atoms with Crippen molar-refractivity contribution in [1.82, 2.24) is 0 Å². The summed E-state index contributed by atoms with van der Waals surface area (Å²) in [5.74, 6) is -2.74. The minimum atomic E-state index is -1.99. The normalized spacial score (nSPS) is 48.6. The maximum Gasteiger partial charge on any atom is 0.330 e. The van der Waals surface area contributed by atoms with Crippen molar-refractivity contribution in [2.45, 2.75) is 237 Å². The Morgan fingerprint density at radius 3 is 1.65 bits per heavy atom.